The molecule has 0 atom stereocenters. The maximum Gasteiger partial charge on any atom is 0.320 e. The lowest BCUT2D eigenvalue weighted by Gasteiger charge is -2.24. The molecule has 0 bridgehead atoms. The van der Waals surface area contributed by atoms with E-state index in [4.69, 9.17) is 9.47 Å². The van der Waals surface area contributed by atoms with Crippen LogP contribution in [-0.2, 0) is 19.1 Å². The predicted octanol–water partition coefficient (Wildman–Crippen LogP) is 3.47. The van der Waals surface area contributed by atoms with Crippen LogP contribution in [0, 0.1) is 5.92 Å². The minimum Gasteiger partial charge on any atom is -0.465 e. The number of nitrogens with zero attached hydrogens (tertiary/aromatic N) is 1. The number of anilines is 1. The number of hydrogen-bond acceptors (Lipinski definition) is 5. The third-order valence-corrected chi connectivity index (χ3v) is 4.12. The lowest BCUT2D eigenvalue weighted by Crippen LogP contribution is -2.36. The Morgan fingerprint density at radius 1 is 0.821 bits per heavy atom. The summed E-state index contributed by atoms with van der Waals surface area (Å²) in [6.07, 6.45) is 0.102. The molecule has 2 rings (SSSR count). The summed E-state index contributed by atoms with van der Waals surface area (Å²) in [5.74, 6) is -2.56. The van der Waals surface area contributed by atoms with Gasteiger partial charge in [-0.2, -0.15) is 0 Å². The molecule has 0 aliphatic carbocycles. The number of ether oxygens (including phenoxy) is 2. The van der Waals surface area contributed by atoms with Gasteiger partial charge in [0.25, 0.3) is 5.91 Å². The summed E-state index contributed by atoms with van der Waals surface area (Å²) >= 11 is 0. The molecule has 0 radical (unpaired) electrons. The molecule has 2 aromatic rings. The van der Waals surface area contributed by atoms with Crippen molar-refractivity contribution in [2.24, 2.45) is 5.92 Å². The number of esters is 2. The summed E-state index contributed by atoms with van der Waals surface area (Å²) in [6.45, 7) is 3.85. The molecule has 0 N–H and O–H groups in total. The molecule has 0 aliphatic rings. The van der Waals surface area contributed by atoms with Crippen LogP contribution < -0.4 is 4.90 Å². The molecule has 0 fully saturated rings. The van der Waals surface area contributed by atoms with Crippen molar-refractivity contribution in [1.29, 1.82) is 0 Å². The highest BCUT2D eigenvalue weighted by molar-refractivity contribution is 6.06. The maximum atomic E-state index is 13.0. The smallest absolute Gasteiger partial charge is 0.320 e. The molecular formula is C22H25NO5. The number of para-hydroxylation sites is 1. The van der Waals surface area contributed by atoms with Gasteiger partial charge in [-0.1, -0.05) is 36.4 Å². The van der Waals surface area contributed by atoms with E-state index in [-0.39, 0.29) is 32.1 Å². The summed E-state index contributed by atoms with van der Waals surface area (Å²) < 4.78 is 10.0. The monoisotopic (exact) mass is 383 g/mol. The third kappa shape index (κ3) is 5.67. The van der Waals surface area contributed by atoms with E-state index in [0.29, 0.717) is 11.3 Å². The summed E-state index contributed by atoms with van der Waals surface area (Å²) in [6, 6.07) is 18.0. The fourth-order valence-electron chi connectivity index (χ4n) is 2.77. The minimum atomic E-state index is -1.07. The van der Waals surface area contributed by atoms with Gasteiger partial charge in [0, 0.05) is 17.8 Å². The largest absolute Gasteiger partial charge is 0.465 e. The van der Waals surface area contributed by atoms with Crippen molar-refractivity contribution in [3.05, 3.63) is 66.2 Å². The Morgan fingerprint density at radius 3 is 1.82 bits per heavy atom. The van der Waals surface area contributed by atoms with Gasteiger partial charge in [0.2, 0.25) is 0 Å². The van der Waals surface area contributed by atoms with E-state index < -0.39 is 17.9 Å². The molecular weight excluding hydrogens is 358 g/mol. The van der Waals surface area contributed by atoms with E-state index in [0.717, 1.165) is 0 Å². The molecule has 0 saturated carbocycles. The van der Waals surface area contributed by atoms with Crippen LogP contribution in [0.2, 0.25) is 0 Å². The van der Waals surface area contributed by atoms with Gasteiger partial charge in [0.15, 0.2) is 5.92 Å². The van der Waals surface area contributed by atoms with Crippen molar-refractivity contribution in [3.8, 4) is 0 Å². The first-order chi connectivity index (χ1) is 13.6. The number of amides is 1. The molecule has 0 heterocycles. The molecule has 6 heteroatoms. The van der Waals surface area contributed by atoms with Gasteiger partial charge >= 0.3 is 11.9 Å². The zero-order chi connectivity index (χ0) is 20.4. The van der Waals surface area contributed by atoms with Crippen LogP contribution in [0.15, 0.2) is 60.7 Å². The molecule has 0 spiro atoms. The molecule has 0 saturated heterocycles. The van der Waals surface area contributed by atoms with Gasteiger partial charge in [-0.05, 0) is 44.5 Å². The van der Waals surface area contributed by atoms with Gasteiger partial charge in [-0.25, -0.2) is 0 Å². The number of hydrogen-bond donors (Lipinski definition) is 0. The van der Waals surface area contributed by atoms with Crippen LogP contribution in [0.4, 0.5) is 5.69 Å². The molecule has 0 unspecified atom stereocenters. The van der Waals surface area contributed by atoms with E-state index in [1.807, 2.05) is 36.4 Å². The van der Waals surface area contributed by atoms with E-state index in [9.17, 15) is 14.4 Å². The Labute approximate surface area is 165 Å². The van der Waals surface area contributed by atoms with Gasteiger partial charge in [0.1, 0.15) is 0 Å². The molecule has 28 heavy (non-hydrogen) atoms. The van der Waals surface area contributed by atoms with Crippen LogP contribution in [-0.4, -0.2) is 37.6 Å². The van der Waals surface area contributed by atoms with Crippen LogP contribution >= 0.6 is 0 Å². The number of carbonyl (C=O) groups excluding carboxylic acids is 3. The summed E-state index contributed by atoms with van der Waals surface area (Å²) in [4.78, 5) is 39.0. The van der Waals surface area contributed by atoms with Crippen molar-refractivity contribution in [1.82, 2.24) is 0 Å². The first-order valence-electron chi connectivity index (χ1n) is 9.33. The molecule has 148 valence electrons. The second-order valence-electron chi connectivity index (χ2n) is 6.00. The summed E-state index contributed by atoms with van der Waals surface area (Å²) in [5, 5.41) is 0. The highest BCUT2D eigenvalue weighted by Gasteiger charge is 2.31. The lowest BCUT2D eigenvalue weighted by atomic mass is 10.0. The number of carbonyl (C=O) groups is 3. The summed E-state index contributed by atoms with van der Waals surface area (Å²) in [5.41, 5.74) is 1.21. The highest BCUT2D eigenvalue weighted by atomic mass is 16.6. The van der Waals surface area contributed by atoms with Crippen LogP contribution in [0.5, 0.6) is 0 Å². The van der Waals surface area contributed by atoms with E-state index >= 15 is 0 Å². The Morgan fingerprint density at radius 2 is 1.32 bits per heavy atom. The van der Waals surface area contributed by atoms with Crippen molar-refractivity contribution in [2.75, 3.05) is 24.7 Å². The van der Waals surface area contributed by atoms with Gasteiger partial charge in [-0.3, -0.25) is 14.4 Å². The van der Waals surface area contributed by atoms with Crippen molar-refractivity contribution in [2.45, 2.75) is 20.3 Å². The van der Waals surface area contributed by atoms with Gasteiger partial charge < -0.3 is 14.4 Å². The fourth-order valence-corrected chi connectivity index (χ4v) is 2.77. The SMILES string of the molecule is CCOC(=O)C(CCN(C(=O)c1ccccc1)c1ccccc1)C(=O)OCC. The topological polar surface area (TPSA) is 72.9 Å². The Bertz CT molecular complexity index is 758. The molecule has 6 nitrogen and oxygen atoms in total. The maximum absolute atomic E-state index is 13.0. The lowest BCUT2D eigenvalue weighted by molar-refractivity contribution is -0.161. The zero-order valence-electron chi connectivity index (χ0n) is 16.2. The Kier molecular flexibility index (Phi) is 8.21. The van der Waals surface area contributed by atoms with Gasteiger partial charge in [0.05, 0.1) is 13.2 Å². The first-order valence-corrected chi connectivity index (χ1v) is 9.33. The van der Waals surface area contributed by atoms with E-state index in [2.05, 4.69) is 0 Å². The zero-order valence-corrected chi connectivity index (χ0v) is 16.2. The fraction of sp³-hybridized carbons (Fsp3) is 0.318. The van der Waals surface area contributed by atoms with Crippen LogP contribution in [0.25, 0.3) is 0 Å². The van der Waals surface area contributed by atoms with E-state index in [1.165, 1.54) is 0 Å². The second kappa shape index (κ2) is 10.9. The number of benzene rings is 2. The second-order valence-corrected chi connectivity index (χ2v) is 6.00. The van der Waals surface area contributed by atoms with Gasteiger partial charge in [-0.15, -0.1) is 0 Å². The first kappa shape index (κ1) is 21.2. The average molecular weight is 383 g/mol. The van der Waals surface area contributed by atoms with Crippen molar-refractivity contribution < 1.29 is 23.9 Å². The summed E-state index contributed by atoms with van der Waals surface area (Å²) in [7, 11) is 0. The predicted molar refractivity (Wildman–Crippen MR) is 106 cm³/mol. The standard InChI is InChI=1S/C22H25NO5/c1-3-27-21(25)19(22(26)28-4-2)15-16-23(18-13-9-6-10-14-18)20(24)17-11-7-5-8-12-17/h5-14,19H,3-4,15-16H2,1-2H3. The normalized spacial score (nSPS) is 10.4. The van der Waals surface area contributed by atoms with Crippen molar-refractivity contribution in [3.63, 3.8) is 0 Å². The quantitative estimate of drug-likeness (QED) is 0.490. The van der Waals surface area contributed by atoms with Crippen molar-refractivity contribution >= 4 is 23.5 Å². The van der Waals surface area contributed by atoms with E-state index in [1.54, 1.807) is 43.0 Å². The van der Waals surface area contributed by atoms with Crippen LogP contribution in [0.3, 0.4) is 0 Å². The number of rotatable bonds is 9. The highest BCUT2D eigenvalue weighted by Crippen LogP contribution is 2.20. The van der Waals surface area contributed by atoms with Crippen LogP contribution in [0.1, 0.15) is 30.6 Å². The molecule has 2 aromatic carbocycles. The third-order valence-electron chi connectivity index (χ3n) is 4.12. The molecule has 0 aromatic heterocycles. The molecule has 1 amide bonds. The Hall–Kier alpha value is -3.15. The average Bonchev–Trinajstić information content (AvgIpc) is 2.72. The minimum absolute atomic E-state index is 0.102. The Balaban J connectivity index is 2.24. The molecule has 0 aliphatic heterocycles.